The van der Waals surface area contributed by atoms with E-state index in [-0.39, 0.29) is 6.54 Å². The van der Waals surface area contributed by atoms with Crippen molar-refractivity contribution in [1.82, 2.24) is 4.98 Å². The lowest BCUT2D eigenvalue weighted by Crippen LogP contribution is -2.03. The molecule has 0 atom stereocenters. The fourth-order valence-electron chi connectivity index (χ4n) is 2.01. The van der Waals surface area contributed by atoms with Crippen molar-refractivity contribution in [1.29, 1.82) is 0 Å². The van der Waals surface area contributed by atoms with E-state index in [0.29, 0.717) is 5.56 Å². The van der Waals surface area contributed by atoms with Crippen molar-refractivity contribution in [3.05, 3.63) is 71.2 Å². The normalized spacial score (nSPS) is 10.6. The molecule has 0 aliphatic heterocycles. The van der Waals surface area contributed by atoms with Crippen LogP contribution >= 0.6 is 11.3 Å². The van der Waals surface area contributed by atoms with Crippen LogP contribution in [0.1, 0.15) is 5.56 Å². The van der Waals surface area contributed by atoms with Crippen molar-refractivity contribution < 1.29 is 8.78 Å². The Labute approximate surface area is 125 Å². The third kappa shape index (κ3) is 3.08. The van der Waals surface area contributed by atoms with Crippen LogP contribution in [0.25, 0.3) is 10.6 Å². The molecule has 21 heavy (non-hydrogen) atoms. The molecule has 2 nitrogen and oxygen atoms in total. The molecule has 0 spiro atoms. The molecule has 0 saturated carbocycles. The molecule has 1 N–H and O–H groups in total. The van der Waals surface area contributed by atoms with Crippen LogP contribution < -0.4 is 5.32 Å². The first-order valence-electron chi connectivity index (χ1n) is 6.41. The molecule has 2 aromatic carbocycles. The van der Waals surface area contributed by atoms with Crippen molar-refractivity contribution in [2.45, 2.75) is 6.54 Å². The van der Waals surface area contributed by atoms with Gasteiger partial charge in [-0.15, -0.1) is 11.3 Å². The zero-order valence-corrected chi connectivity index (χ0v) is 11.8. The number of nitrogens with one attached hydrogen (secondary N) is 1. The Balaban J connectivity index is 1.77. The van der Waals surface area contributed by atoms with E-state index in [1.54, 1.807) is 23.6 Å². The quantitative estimate of drug-likeness (QED) is 0.755. The first kappa shape index (κ1) is 13.7. The highest BCUT2D eigenvalue weighted by Crippen LogP contribution is 2.24. The highest BCUT2D eigenvalue weighted by molar-refractivity contribution is 7.13. The van der Waals surface area contributed by atoms with Crippen molar-refractivity contribution in [2.75, 3.05) is 5.32 Å². The summed E-state index contributed by atoms with van der Waals surface area (Å²) in [5.74, 6) is -1.63. The largest absolute Gasteiger partial charge is 0.381 e. The maximum absolute atomic E-state index is 13.6. The van der Waals surface area contributed by atoms with Crippen LogP contribution in [0.3, 0.4) is 0 Å². The summed E-state index contributed by atoms with van der Waals surface area (Å²) in [4.78, 5) is 4.25. The SMILES string of the molecule is Fc1cccc(CNc2cccc(-c3nccs3)c2)c1F. The number of hydrogen-bond donors (Lipinski definition) is 1. The molecule has 0 bridgehead atoms. The number of rotatable bonds is 4. The van der Waals surface area contributed by atoms with Crippen LogP contribution in [0.15, 0.2) is 54.0 Å². The maximum Gasteiger partial charge on any atom is 0.163 e. The van der Waals surface area contributed by atoms with E-state index in [1.165, 1.54) is 6.07 Å². The van der Waals surface area contributed by atoms with E-state index in [4.69, 9.17) is 0 Å². The number of hydrogen-bond acceptors (Lipinski definition) is 3. The Bertz CT molecular complexity index is 742. The molecule has 0 unspecified atom stereocenters. The number of thiazole rings is 1. The smallest absolute Gasteiger partial charge is 0.163 e. The maximum atomic E-state index is 13.6. The molecule has 106 valence electrons. The van der Waals surface area contributed by atoms with Gasteiger partial charge < -0.3 is 5.32 Å². The van der Waals surface area contributed by atoms with Crippen LogP contribution in [0.5, 0.6) is 0 Å². The Hall–Kier alpha value is -2.27. The van der Waals surface area contributed by atoms with Crippen molar-refractivity contribution in [3.8, 4) is 10.6 Å². The van der Waals surface area contributed by atoms with Gasteiger partial charge in [0.15, 0.2) is 11.6 Å². The summed E-state index contributed by atoms with van der Waals surface area (Å²) in [6.07, 6.45) is 1.75. The van der Waals surface area contributed by atoms with E-state index in [0.717, 1.165) is 22.3 Å². The first-order valence-corrected chi connectivity index (χ1v) is 7.29. The Morgan fingerprint density at radius 1 is 1.10 bits per heavy atom. The van der Waals surface area contributed by atoms with Crippen molar-refractivity contribution in [3.63, 3.8) is 0 Å². The predicted molar refractivity (Wildman–Crippen MR) is 81.2 cm³/mol. The van der Waals surface area contributed by atoms with E-state index in [2.05, 4.69) is 10.3 Å². The summed E-state index contributed by atoms with van der Waals surface area (Å²) in [6, 6.07) is 11.9. The number of anilines is 1. The lowest BCUT2D eigenvalue weighted by atomic mass is 10.1. The van der Waals surface area contributed by atoms with Gasteiger partial charge in [0.2, 0.25) is 0 Å². The molecule has 1 aromatic heterocycles. The molecule has 0 saturated heterocycles. The molecule has 0 aliphatic rings. The zero-order chi connectivity index (χ0) is 14.7. The minimum absolute atomic E-state index is 0.227. The number of halogens is 2. The first-order chi connectivity index (χ1) is 10.2. The van der Waals surface area contributed by atoms with Gasteiger partial charge in [-0.25, -0.2) is 13.8 Å². The van der Waals surface area contributed by atoms with E-state index < -0.39 is 11.6 Å². The lowest BCUT2D eigenvalue weighted by Gasteiger charge is -2.09. The Kier molecular flexibility index (Phi) is 3.92. The number of aromatic nitrogens is 1. The second-order valence-electron chi connectivity index (χ2n) is 4.48. The minimum Gasteiger partial charge on any atom is -0.381 e. The summed E-state index contributed by atoms with van der Waals surface area (Å²) in [5, 5.41) is 5.94. The van der Waals surface area contributed by atoms with Crippen molar-refractivity contribution >= 4 is 17.0 Å². The van der Waals surface area contributed by atoms with Crippen LogP contribution in [-0.4, -0.2) is 4.98 Å². The Morgan fingerprint density at radius 2 is 1.95 bits per heavy atom. The van der Waals surface area contributed by atoms with Gasteiger partial charge in [-0.1, -0.05) is 24.3 Å². The molecule has 5 heteroatoms. The lowest BCUT2D eigenvalue weighted by molar-refractivity contribution is 0.500. The van der Waals surface area contributed by atoms with Gasteiger partial charge in [0.25, 0.3) is 0 Å². The van der Waals surface area contributed by atoms with Gasteiger partial charge in [0.1, 0.15) is 5.01 Å². The second kappa shape index (κ2) is 6.01. The summed E-state index contributed by atoms with van der Waals surface area (Å²) in [5.41, 5.74) is 2.13. The van der Waals surface area contributed by atoms with Gasteiger partial charge in [0, 0.05) is 34.9 Å². The molecule has 0 aliphatic carbocycles. The van der Waals surface area contributed by atoms with Gasteiger partial charge in [-0.05, 0) is 18.2 Å². The van der Waals surface area contributed by atoms with Crippen LogP contribution in [0.4, 0.5) is 14.5 Å². The summed E-state index contributed by atoms with van der Waals surface area (Å²) in [6.45, 7) is 0.227. The zero-order valence-electron chi connectivity index (χ0n) is 11.0. The molecule has 3 aromatic rings. The average Bonchev–Trinajstić information content (AvgIpc) is 3.03. The van der Waals surface area contributed by atoms with Gasteiger partial charge in [-0.3, -0.25) is 0 Å². The predicted octanol–water partition coefficient (Wildman–Crippen LogP) is 4.70. The fraction of sp³-hybridized carbons (Fsp3) is 0.0625. The minimum atomic E-state index is -0.828. The Morgan fingerprint density at radius 3 is 2.76 bits per heavy atom. The highest BCUT2D eigenvalue weighted by atomic mass is 32.1. The van der Waals surface area contributed by atoms with Gasteiger partial charge in [0.05, 0.1) is 0 Å². The molecule has 3 rings (SSSR count). The van der Waals surface area contributed by atoms with E-state index in [9.17, 15) is 8.78 Å². The van der Waals surface area contributed by atoms with Gasteiger partial charge in [-0.2, -0.15) is 0 Å². The molecule has 0 amide bonds. The number of benzene rings is 2. The third-order valence-electron chi connectivity index (χ3n) is 3.06. The monoisotopic (exact) mass is 302 g/mol. The summed E-state index contributed by atoms with van der Waals surface area (Å²) in [7, 11) is 0. The molecular formula is C16H12F2N2S. The summed E-state index contributed by atoms with van der Waals surface area (Å²) >= 11 is 1.56. The second-order valence-corrected chi connectivity index (χ2v) is 5.38. The topological polar surface area (TPSA) is 24.9 Å². The van der Waals surface area contributed by atoms with Crippen LogP contribution in [0.2, 0.25) is 0 Å². The van der Waals surface area contributed by atoms with E-state index in [1.807, 2.05) is 29.6 Å². The van der Waals surface area contributed by atoms with Gasteiger partial charge >= 0.3 is 0 Å². The average molecular weight is 302 g/mol. The molecule has 1 heterocycles. The standard InChI is InChI=1S/C16H12F2N2S/c17-14-6-2-4-12(15(14)18)10-20-13-5-1-3-11(9-13)16-19-7-8-21-16/h1-9,20H,10H2. The van der Waals surface area contributed by atoms with Crippen LogP contribution in [0, 0.1) is 11.6 Å². The van der Waals surface area contributed by atoms with Crippen LogP contribution in [-0.2, 0) is 6.54 Å². The van der Waals surface area contributed by atoms with Crippen molar-refractivity contribution in [2.24, 2.45) is 0 Å². The molecular weight excluding hydrogens is 290 g/mol. The number of nitrogens with zero attached hydrogens (tertiary/aromatic N) is 1. The highest BCUT2D eigenvalue weighted by Gasteiger charge is 2.07. The third-order valence-corrected chi connectivity index (χ3v) is 3.88. The molecule has 0 radical (unpaired) electrons. The molecule has 0 fully saturated rings. The summed E-state index contributed by atoms with van der Waals surface area (Å²) < 4.78 is 26.7. The van der Waals surface area contributed by atoms with E-state index >= 15 is 0 Å². The fourth-order valence-corrected chi connectivity index (χ4v) is 2.65.